The van der Waals surface area contributed by atoms with Gasteiger partial charge in [0, 0.05) is 18.4 Å². The maximum absolute atomic E-state index is 13.0. The van der Waals surface area contributed by atoms with Crippen LogP contribution in [0.15, 0.2) is 0 Å². The maximum atomic E-state index is 13.0. The zero-order valence-electron chi connectivity index (χ0n) is 26.6. The van der Waals surface area contributed by atoms with Crippen molar-refractivity contribution in [2.24, 2.45) is 23.7 Å². The molecule has 0 aromatic heterocycles. The van der Waals surface area contributed by atoms with Gasteiger partial charge < -0.3 is 29.5 Å². The third-order valence-electron chi connectivity index (χ3n) is 9.36. The van der Waals surface area contributed by atoms with Gasteiger partial charge in [0.25, 0.3) is 0 Å². The molecule has 2 heterocycles. The highest BCUT2D eigenvalue weighted by Gasteiger charge is 2.55. The molecule has 2 aliphatic heterocycles. The van der Waals surface area contributed by atoms with E-state index >= 15 is 0 Å². The SMILES string of the molecule is C#CCN(C)C(CC(C)C)C(O)[C@@H](C)O[C@H]1[C@@H](C)CCC(=O)O[C@@H](C(C)(O)C(O)CC)[C@H](C)C2O[C@]1(C)CC2C. The lowest BCUT2D eigenvalue weighted by Crippen LogP contribution is -2.56. The molecule has 0 spiro atoms. The first kappa shape index (κ1) is 35.0. The van der Waals surface area contributed by atoms with Crippen molar-refractivity contribution in [3.05, 3.63) is 0 Å². The normalized spacial score (nSPS) is 36.2. The first-order chi connectivity index (χ1) is 18.5. The van der Waals surface area contributed by atoms with Gasteiger partial charge in [-0.15, -0.1) is 6.42 Å². The van der Waals surface area contributed by atoms with Crippen molar-refractivity contribution in [1.29, 1.82) is 0 Å². The minimum Gasteiger partial charge on any atom is -0.459 e. The minimum absolute atomic E-state index is 0.0706. The second-order valence-corrected chi connectivity index (χ2v) is 13.6. The summed E-state index contributed by atoms with van der Waals surface area (Å²) < 4.78 is 19.5. The Hall–Kier alpha value is -1.21. The van der Waals surface area contributed by atoms with Crippen molar-refractivity contribution in [2.75, 3.05) is 13.6 Å². The van der Waals surface area contributed by atoms with Crippen LogP contribution in [0.4, 0.5) is 0 Å². The number of hydrogen-bond acceptors (Lipinski definition) is 8. The van der Waals surface area contributed by atoms with Crippen LogP contribution in [0.3, 0.4) is 0 Å². The van der Waals surface area contributed by atoms with Gasteiger partial charge in [-0.05, 0) is 71.3 Å². The molecule has 40 heavy (non-hydrogen) atoms. The number of ether oxygens (including phenoxy) is 3. The Morgan fingerprint density at radius 2 is 1.85 bits per heavy atom. The van der Waals surface area contributed by atoms with Gasteiger partial charge in [0.2, 0.25) is 0 Å². The molecule has 0 aromatic rings. The smallest absolute Gasteiger partial charge is 0.306 e. The predicted molar refractivity (Wildman–Crippen MR) is 156 cm³/mol. The van der Waals surface area contributed by atoms with E-state index in [1.165, 1.54) is 6.92 Å². The Morgan fingerprint density at radius 1 is 1.23 bits per heavy atom. The number of cyclic esters (lactones) is 1. The average Bonchev–Trinajstić information content (AvgIpc) is 3.19. The fourth-order valence-corrected chi connectivity index (χ4v) is 7.10. The molecule has 2 rings (SSSR count). The topological polar surface area (TPSA) is 109 Å². The van der Waals surface area contributed by atoms with Gasteiger partial charge in [0.15, 0.2) is 0 Å². The summed E-state index contributed by atoms with van der Waals surface area (Å²) in [4.78, 5) is 15.1. The molecule has 2 saturated heterocycles. The van der Waals surface area contributed by atoms with E-state index in [2.05, 4.69) is 40.5 Å². The van der Waals surface area contributed by atoms with Crippen LogP contribution in [0, 0.1) is 36.0 Å². The number of nitrogens with zero attached hydrogens (tertiary/aromatic N) is 1. The Bertz CT molecular complexity index is 857. The third kappa shape index (κ3) is 7.99. The van der Waals surface area contributed by atoms with Gasteiger partial charge in [-0.2, -0.15) is 0 Å². The number of fused-ring (bicyclic) bond motifs is 2. The summed E-state index contributed by atoms with van der Waals surface area (Å²) in [6.45, 7) is 18.0. The summed E-state index contributed by atoms with van der Waals surface area (Å²) in [6.07, 6.45) is 4.06. The Balaban J connectivity index is 2.41. The maximum Gasteiger partial charge on any atom is 0.306 e. The van der Waals surface area contributed by atoms with E-state index in [0.717, 1.165) is 6.42 Å². The first-order valence-electron chi connectivity index (χ1n) is 15.2. The summed E-state index contributed by atoms with van der Waals surface area (Å²) in [6, 6.07) is -0.170. The van der Waals surface area contributed by atoms with Crippen LogP contribution in [-0.2, 0) is 19.0 Å². The van der Waals surface area contributed by atoms with Crippen LogP contribution in [-0.4, -0.2) is 93.6 Å². The number of hydrogen-bond donors (Lipinski definition) is 3. The second-order valence-electron chi connectivity index (χ2n) is 13.6. The summed E-state index contributed by atoms with van der Waals surface area (Å²) in [5.74, 6) is 2.27. The van der Waals surface area contributed by atoms with Crippen LogP contribution in [0.1, 0.15) is 94.4 Å². The number of aliphatic hydroxyl groups excluding tert-OH is 2. The van der Waals surface area contributed by atoms with Crippen LogP contribution in [0.25, 0.3) is 0 Å². The summed E-state index contributed by atoms with van der Waals surface area (Å²) in [5.41, 5.74) is -2.31. The zero-order valence-corrected chi connectivity index (χ0v) is 26.6. The second kappa shape index (κ2) is 14.3. The number of carbonyl (C=O) groups is 1. The number of aliphatic hydroxyl groups is 3. The van der Waals surface area contributed by atoms with Crippen LogP contribution in [0.5, 0.6) is 0 Å². The van der Waals surface area contributed by atoms with Crippen LogP contribution >= 0.6 is 0 Å². The van der Waals surface area contributed by atoms with Crippen molar-refractivity contribution in [3.63, 3.8) is 0 Å². The van der Waals surface area contributed by atoms with E-state index in [9.17, 15) is 20.1 Å². The molecule has 0 aromatic carbocycles. The average molecular weight is 568 g/mol. The fourth-order valence-electron chi connectivity index (χ4n) is 7.10. The number of carbonyl (C=O) groups excluding carboxylic acids is 1. The molecule has 8 heteroatoms. The molecule has 0 radical (unpaired) electrons. The van der Waals surface area contributed by atoms with E-state index in [4.69, 9.17) is 20.6 Å². The third-order valence-corrected chi connectivity index (χ3v) is 9.36. The van der Waals surface area contributed by atoms with E-state index < -0.39 is 41.6 Å². The molecule has 12 atom stereocenters. The minimum atomic E-state index is -1.63. The monoisotopic (exact) mass is 567 g/mol. The Labute approximate surface area is 243 Å². The van der Waals surface area contributed by atoms with Crippen molar-refractivity contribution in [3.8, 4) is 12.3 Å². The molecule has 8 nitrogen and oxygen atoms in total. The highest BCUT2D eigenvalue weighted by atomic mass is 16.6. The quantitative estimate of drug-likeness (QED) is 0.256. The first-order valence-corrected chi connectivity index (χ1v) is 15.2. The van der Waals surface area contributed by atoms with Crippen molar-refractivity contribution in [2.45, 2.75) is 148 Å². The molecule has 0 amide bonds. The van der Waals surface area contributed by atoms with Crippen molar-refractivity contribution < 1.29 is 34.3 Å². The fraction of sp³-hybridized carbons (Fsp3) is 0.906. The Kier molecular flexibility index (Phi) is 12.5. The summed E-state index contributed by atoms with van der Waals surface area (Å²) in [7, 11) is 1.93. The zero-order chi connectivity index (χ0) is 30.6. The summed E-state index contributed by atoms with van der Waals surface area (Å²) in [5, 5.41) is 33.5. The van der Waals surface area contributed by atoms with E-state index in [-0.39, 0.29) is 42.4 Å². The molecular formula is C32H57NO7. The molecule has 2 aliphatic rings. The molecule has 3 N–H and O–H groups in total. The van der Waals surface area contributed by atoms with Crippen molar-refractivity contribution in [1.82, 2.24) is 4.90 Å². The molecule has 2 fully saturated rings. The highest BCUT2D eigenvalue weighted by Crippen LogP contribution is 2.46. The Morgan fingerprint density at radius 3 is 2.40 bits per heavy atom. The molecular weight excluding hydrogens is 510 g/mol. The number of likely N-dealkylation sites (N-methyl/N-ethyl adjacent to an activating group) is 1. The van der Waals surface area contributed by atoms with Gasteiger partial charge >= 0.3 is 5.97 Å². The van der Waals surface area contributed by atoms with Crippen LogP contribution < -0.4 is 0 Å². The molecule has 0 aliphatic carbocycles. The van der Waals surface area contributed by atoms with E-state index in [0.29, 0.717) is 31.7 Å². The van der Waals surface area contributed by atoms with E-state index in [1.54, 1.807) is 6.92 Å². The summed E-state index contributed by atoms with van der Waals surface area (Å²) >= 11 is 0. The number of terminal acetylenes is 1. The lowest BCUT2D eigenvalue weighted by molar-refractivity contribution is -0.211. The van der Waals surface area contributed by atoms with Crippen molar-refractivity contribution >= 4 is 5.97 Å². The molecule has 0 saturated carbocycles. The van der Waals surface area contributed by atoms with Gasteiger partial charge in [-0.1, -0.05) is 47.5 Å². The van der Waals surface area contributed by atoms with Gasteiger partial charge in [0.05, 0.1) is 42.7 Å². The molecule has 2 bridgehead atoms. The highest BCUT2D eigenvalue weighted by molar-refractivity contribution is 5.69. The predicted octanol–water partition coefficient (Wildman–Crippen LogP) is 3.78. The molecule has 232 valence electrons. The van der Waals surface area contributed by atoms with Gasteiger partial charge in [0.1, 0.15) is 11.7 Å². The van der Waals surface area contributed by atoms with Crippen LogP contribution in [0.2, 0.25) is 0 Å². The van der Waals surface area contributed by atoms with Gasteiger partial charge in [-0.25, -0.2) is 0 Å². The van der Waals surface area contributed by atoms with Gasteiger partial charge in [-0.3, -0.25) is 9.69 Å². The lowest BCUT2D eigenvalue weighted by Gasteiger charge is -2.43. The van der Waals surface area contributed by atoms with E-state index in [1.807, 2.05) is 25.8 Å². The standard InChI is InChI=1S/C32H57NO7/c1-12-16-33(11)24(17-19(3)4)27(36)23(8)38-29-20(5)14-15-26(35)39-30(32(10,37)25(34)13-2)22(7)28-21(6)18-31(29,9)40-28/h1,19-25,27-30,34,36-37H,13-18H2,2-11H3/t20-,21?,22+,23+,24?,25?,27?,28?,29-,30+,31+,32?/m0/s1. The molecule has 6 unspecified atom stereocenters. The lowest BCUT2D eigenvalue weighted by atomic mass is 9.77. The number of esters is 1. The largest absolute Gasteiger partial charge is 0.459 e. The number of rotatable bonds is 11.